The summed E-state index contributed by atoms with van der Waals surface area (Å²) in [6.45, 7) is 1.91. The SMILES string of the molecule is C[C@H](NS(=O)(=O)CCNC(=O)c1ccc2c(c1)OCO2)c1ccccc1. The Labute approximate surface area is 152 Å². The van der Waals surface area contributed by atoms with Crippen LogP contribution in [0.2, 0.25) is 0 Å². The van der Waals surface area contributed by atoms with Gasteiger partial charge in [0.05, 0.1) is 5.75 Å². The Balaban J connectivity index is 1.51. The summed E-state index contributed by atoms with van der Waals surface area (Å²) in [6.07, 6.45) is 0. The smallest absolute Gasteiger partial charge is 0.251 e. The third kappa shape index (κ3) is 4.53. The van der Waals surface area contributed by atoms with Crippen LogP contribution in [0.3, 0.4) is 0 Å². The third-order valence-corrected chi connectivity index (χ3v) is 5.40. The second-order valence-electron chi connectivity index (χ2n) is 5.89. The van der Waals surface area contributed by atoms with Crippen molar-refractivity contribution >= 4 is 15.9 Å². The summed E-state index contributed by atoms with van der Waals surface area (Å²) < 4.78 is 37.4. The van der Waals surface area contributed by atoms with Gasteiger partial charge in [-0.05, 0) is 30.7 Å². The molecule has 0 aromatic heterocycles. The van der Waals surface area contributed by atoms with Gasteiger partial charge in [-0.15, -0.1) is 0 Å². The van der Waals surface area contributed by atoms with Gasteiger partial charge in [0.15, 0.2) is 11.5 Å². The molecule has 0 bridgehead atoms. The molecule has 1 aliphatic heterocycles. The summed E-state index contributed by atoms with van der Waals surface area (Å²) in [5.74, 6) is 0.516. The number of rotatable bonds is 7. The fraction of sp³-hybridized carbons (Fsp3) is 0.278. The summed E-state index contributed by atoms with van der Waals surface area (Å²) in [4.78, 5) is 12.2. The highest BCUT2D eigenvalue weighted by Gasteiger charge is 2.18. The van der Waals surface area contributed by atoms with Crippen LogP contribution in [0.4, 0.5) is 0 Å². The van der Waals surface area contributed by atoms with Crippen molar-refractivity contribution in [3.8, 4) is 11.5 Å². The van der Waals surface area contributed by atoms with Gasteiger partial charge in [-0.2, -0.15) is 0 Å². The van der Waals surface area contributed by atoms with Crippen molar-refractivity contribution in [3.63, 3.8) is 0 Å². The lowest BCUT2D eigenvalue weighted by atomic mass is 10.1. The molecule has 3 rings (SSSR count). The molecule has 0 unspecified atom stereocenters. The minimum atomic E-state index is -3.53. The minimum Gasteiger partial charge on any atom is -0.454 e. The molecule has 8 heteroatoms. The number of benzene rings is 2. The van der Waals surface area contributed by atoms with Crippen LogP contribution in [-0.4, -0.2) is 33.4 Å². The fourth-order valence-electron chi connectivity index (χ4n) is 2.58. The Morgan fingerprint density at radius 1 is 1.12 bits per heavy atom. The topological polar surface area (TPSA) is 93.7 Å². The van der Waals surface area contributed by atoms with Crippen molar-refractivity contribution in [1.29, 1.82) is 0 Å². The van der Waals surface area contributed by atoms with Crippen molar-refractivity contribution < 1.29 is 22.7 Å². The molecule has 0 radical (unpaired) electrons. The van der Waals surface area contributed by atoms with Crippen molar-refractivity contribution in [3.05, 3.63) is 59.7 Å². The van der Waals surface area contributed by atoms with E-state index in [0.717, 1.165) is 5.56 Å². The number of amides is 1. The summed E-state index contributed by atoms with van der Waals surface area (Å²) >= 11 is 0. The quantitative estimate of drug-likeness (QED) is 0.769. The average Bonchev–Trinajstić information content (AvgIpc) is 3.09. The van der Waals surface area contributed by atoms with E-state index in [1.54, 1.807) is 25.1 Å². The highest BCUT2D eigenvalue weighted by atomic mass is 32.2. The van der Waals surface area contributed by atoms with Crippen LogP contribution in [0.25, 0.3) is 0 Å². The van der Waals surface area contributed by atoms with Gasteiger partial charge in [-0.25, -0.2) is 13.1 Å². The van der Waals surface area contributed by atoms with Gasteiger partial charge in [0, 0.05) is 18.2 Å². The molecule has 0 saturated heterocycles. The predicted octanol–water partition coefficient (Wildman–Crippen LogP) is 1.83. The van der Waals surface area contributed by atoms with Crippen LogP contribution in [0.15, 0.2) is 48.5 Å². The van der Waals surface area contributed by atoms with Crippen molar-refractivity contribution in [1.82, 2.24) is 10.0 Å². The molecule has 0 fully saturated rings. The molecule has 1 aliphatic rings. The lowest BCUT2D eigenvalue weighted by molar-refractivity contribution is 0.0955. The molecule has 0 aliphatic carbocycles. The van der Waals surface area contributed by atoms with Crippen LogP contribution >= 0.6 is 0 Å². The van der Waals surface area contributed by atoms with E-state index in [4.69, 9.17) is 9.47 Å². The summed E-state index contributed by atoms with van der Waals surface area (Å²) in [5, 5.41) is 2.60. The Morgan fingerprint density at radius 2 is 1.85 bits per heavy atom. The van der Waals surface area contributed by atoms with Gasteiger partial charge < -0.3 is 14.8 Å². The first-order valence-electron chi connectivity index (χ1n) is 8.17. The van der Waals surface area contributed by atoms with E-state index < -0.39 is 10.0 Å². The first-order chi connectivity index (χ1) is 12.4. The number of carbonyl (C=O) groups is 1. The highest BCUT2D eigenvalue weighted by Crippen LogP contribution is 2.32. The van der Waals surface area contributed by atoms with E-state index in [-0.39, 0.29) is 31.0 Å². The molecule has 1 atom stereocenters. The lowest BCUT2D eigenvalue weighted by Gasteiger charge is -2.14. The number of carbonyl (C=O) groups excluding carboxylic acids is 1. The minimum absolute atomic E-state index is 0.00409. The van der Waals surface area contributed by atoms with Crippen molar-refractivity contribution in [2.75, 3.05) is 19.1 Å². The monoisotopic (exact) mass is 376 g/mol. The molecular weight excluding hydrogens is 356 g/mol. The van der Waals surface area contributed by atoms with Crippen molar-refractivity contribution in [2.45, 2.75) is 13.0 Å². The van der Waals surface area contributed by atoms with E-state index >= 15 is 0 Å². The second kappa shape index (κ2) is 7.76. The highest BCUT2D eigenvalue weighted by molar-refractivity contribution is 7.89. The maximum absolute atomic E-state index is 12.2. The first kappa shape index (κ1) is 18.2. The Hall–Kier alpha value is -2.58. The molecule has 7 nitrogen and oxygen atoms in total. The van der Waals surface area contributed by atoms with Gasteiger partial charge in [-0.3, -0.25) is 4.79 Å². The van der Waals surface area contributed by atoms with Crippen LogP contribution in [0.1, 0.15) is 28.9 Å². The Bertz CT molecular complexity index is 884. The second-order valence-corrected chi connectivity index (χ2v) is 7.77. The molecule has 2 aromatic carbocycles. The summed E-state index contributed by atoms with van der Waals surface area (Å²) in [5.41, 5.74) is 1.26. The zero-order chi connectivity index (χ0) is 18.6. The standard InChI is InChI=1S/C18H20N2O5S/c1-13(14-5-3-2-4-6-14)20-26(22,23)10-9-19-18(21)15-7-8-16-17(11-15)25-12-24-16/h2-8,11,13,20H,9-10,12H2,1H3,(H,19,21)/t13-/m0/s1. The summed E-state index contributed by atoms with van der Waals surface area (Å²) in [6, 6.07) is 13.8. The van der Waals surface area contributed by atoms with E-state index in [0.29, 0.717) is 17.1 Å². The average molecular weight is 376 g/mol. The maximum atomic E-state index is 12.2. The summed E-state index contributed by atoms with van der Waals surface area (Å²) in [7, 11) is -3.53. The van der Waals surface area contributed by atoms with Gasteiger partial charge in [-0.1, -0.05) is 30.3 Å². The van der Waals surface area contributed by atoms with Crippen LogP contribution < -0.4 is 19.5 Å². The zero-order valence-electron chi connectivity index (χ0n) is 14.3. The van der Waals surface area contributed by atoms with E-state index in [1.807, 2.05) is 30.3 Å². The maximum Gasteiger partial charge on any atom is 0.251 e. The Morgan fingerprint density at radius 3 is 2.62 bits per heavy atom. The first-order valence-corrected chi connectivity index (χ1v) is 9.83. The van der Waals surface area contributed by atoms with Crippen LogP contribution in [0.5, 0.6) is 11.5 Å². The normalized spacial score (nSPS) is 14.0. The molecule has 2 N–H and O–H groups in total. The fourth-order valence-corrected chi connectivity index (χ4v) is 3.74. The van der Waals surface area contributed by atoms with Crippen LogP contribution in [-0.2, 0) is 10.0 Å². The van der Waals surface area contributed by atoms with Gasteiger partial charge in [0.25, 0.3) is 5.91 Å². The lowest BCUT2D eigenvalue weighted by Crippen LogP contribution is -2.35. The third-order valence-electron chi connectivity index (χ3n) is 3.95. The Kier molecular flexibility index (Phi) is 5.43. The van der Waals surface area contributed by atoms with Crippen molar-refractivity contribution in [2.24, 2.45) is 0 Å². The van der Waals surface area contributed by atoms with Crippen LogP contribution in [0, 0.1) is 0 Å². The largest absolute Gasteiger partial charge is 0.454 e. The predicted molar refractivity (Wildman–Crippen MR) is 96.7 cm³/mol. The molecular formula is C18H20N2O5S. The molecule has 0 saturated carbocycles. The molecule has 26 heavy (non-hydrogen) atoms. The molecule has 0 spiro atoms. The number of ether oxygens (including phenoxy) is 2. The number of nitrogens with one attached hydrogen (secondary N) is 2. The van der Waals surface area contributed by atoms with Gasteiger partial charge in [0.1, 0.15) is 0 Å². The number of hydrogen-bond donors (Lipinski definition) is 2. The van der Waals surface area contributed by atoms with E-state index in [1.165, 1.54) is 0 Å². The van der Waals surface area contributed by atoms with Gasteiger partial charge in [0.2, 0.25) is 16.8 Å². The molecule has 2 aromatic rings. The van der Waals surface area contributed by atoms with E-state index in [9.17, 15) is 13.2 Å². The number of hydrogen-bond acceptors (Lipinski definition) is 5. The molecule has 1 heterocycles. The number of fused-ring (bicyclic) bond motifs is 1. The number of sulfonamides is 1. The molecule has 138 valence electrons. The van der Waals surface area contributed by atoms with E-state index in [2.05, 4.69) is 10.0 Å². The molecule has 1 amide bonds. The van der Waals surface area contributed by atoms with Gasteiger partial charge >= 0.3 is 0 Å². The zero-order valence-corrected chi connectivity index (χ0v) is 15.1.